The van der Waals surface area contributed by atoms with Crippen LogP contribution in [0.1, 0.15) is 21.6 Å². The Morgan fingerprint density at radius 2 is 2.00 bits per heavy atom. The van der Waals surface area contributed by atoms with Crippen LogP contribution in [-0.2, 0) is 0 Å². The van der Waals surface area contributed by atoms with Crippen LogP contribution in [0, 0.1) is 13.8 Å². The number of nitrogens with zero attached hydrogens (tertiary/aromatic N) is 2. The zero-order chi connectivity index (χ0) is 16.6. The number of pyridine rings is 1. The summed E-state index contributed by atoms with van der Waals surface area (Å²) in [5, 5.41) is 1.08. The number of ether oxygens (including phenoxy) is 1. The van der Waals surface area contributed by atoms with E-state index < -0.39 is 0 Å². The first kappa shape index (κ1) is 15.1. The molecule has 0 aliphatic rings. The van der Waals surface area contributed by atoms with Crippen molar-refractivity contribution in [3.63, 3.8) is 0 Å². The molecule has 1 N–H and O–H groups in total. The Bertz CT molecular complexity index is 866. The fourth-order valence-electron chi connectivity index (χ4n) is 2.60. The molecule has 0 unspecified atom stereocenters. The van der Waals surface area contributed by atoms with E-state index in [1.807, 2.05) is 31.2 Å². The third-order valence-electron chi connectivity index (χ3n) is 4.18. The third-order valence-corrected chi connectivity index (χ3v) is 4.18. The third kappa shape index (κ3) is 2.65. The van der Waals surface area contributed by atoms with Gasteiger partial charge in [-0.1, -0.05) is 0 Å². The standard InChI is InChI=1S/C18H19N3O2/c1-11-12(2)20-16-7-5-13(9-15(11)16)18(22)21(3)14-6-8-17(23-4)19-10-14/h5-10,20H,1-4H3. The van der Waals surface area contributed by atoms with Crippen LogP contribution in [0.2, 0.25) is 0 Å². The summed E-state index contributed by atoms with van der Waals surface area (Å²) in [5.41, 5.74) is 4.71. The maximum absolute atomic E-state index is 12.7. The van der Waals surface area contributed by atoms with Gasteiger partial charge in [-0.05, 0) is 43.7 Å². The molecule has 1 aromatic carbocycles. The van der Waals surface area contributed by atoms with Gasteiger partial charge >= 0.3 is 0 Å². The van der Waals surface area contributed by atoms with Crippen molar-refractivity contribution < 1.29 is 9.53 Å². The van der Waals surface area contributed by atoms with Gasteiger partial charge in [-0.25, -0.2) is 4.98 Å². The van der Waals surface area contributed by atoms with Gasteiger partial charge in [0.2, 0.25) is 5.88 Å². The highest BCUT2D eigenvalue weighted by Crippen LogP contribution is 2.24. The maximum atomic E-state index is 12.7. The van der Waals surface area contributed by atoms with Gasteiger partial charge < -0.3 is 14.6 Å². The van der Waals surface area contributed by atoms with E-state index in [4.69, 9.17) is 4.74 Å². The number of nitrogens with one attached hydrogen (secondary N) is 1. The molecule has 3 aromatic rings. The predicted molar refractivity (Wildman–Crippen MR) is 91.3 cm³/mol. The van der Waals surface area contributed by atoms with E-state index in [0.29, 0.717) is 11.4 Å². The average molecular weight is 309 g/mol. The number of benzene rings is 1. The van der Waals surface area contributed by atoms with Crippen molar-refractivity contribution >= 4 is 22.5 Å². The van der Waals surface area contributed by atoms with Crippen molar-refractivity contribution in [3.8, 4) is 5.88 Å². The SMILES string of the molecule is COc1ccc(N(C)C(=O)c2ccc3[nH]c(C)c(C)c3c2)cn1. The molecule has 0 spiro atoms. The van der Waals surface area contributed by atoms with Gasteiger partial charge in [-0.15, -0.1) is 0 Å². The van der Waals surface area contributed by atoms with Gasteiger partial charge in [0.25, 0.3) is 5.91 Å². The summed E-state index contributed by atoms with van der Waals surface area (Å²) < 4.78 is 5.04. The number of anilines is 1. The highest BCUT2D eigenvalue weighted by molar-refractivity contribution is 6.07. The lowest BCUT2D eigenvalue weighted by Gasteiger charge is -2.17. The fraction of sp³-hybridized carbons (Fsp3) is 0.222. The lowest BCUT2D eigenvalue weighted by molar-refractivity contribution is 0.0993. The van der Waals surface area contributed by atoms with E-state index in [1.54, 1.807) is 31.3 Å². The first-order valence-corrected chi connectivity index (χ1v) is 7.38. The highest BCUT2D eigenvalue weighted by Gasteiger charge is 2.15. The van der Waals surface area contributed by atoms with Crippen LogP contribution in [0.5, 0.6) is 5.88 Å². The summed E-state index contributed by atoms with van der Waals surface area (Å²) in [5.74, 6) is 0.451. The van der Waals surface area contributed by atoms with Crippen LogP contribution in [0.4, 0.5) is 5.69 Å². The summed E-state index contributed by atoms with van der Waals surface area (Å²) in [6.07, 6.45) is 1.63. The Balaban J connectivity index is 1.93. The van der Waals surface area contributed by atoms with Crippen molar-refractivity contribution in [1.82, 2.24) is 9.97 Å². The quantitative estimate of drug-likeness (QED) is 0.806. The summed E-state index contributed by atoms with van der Waals surface area (Å²) in [4.78, 5) is 21.8. The number of amides is 1. The number of hydrogen-bond acceptors (Lipinski definition) is 3. The molecule has 0 fully saturated rings. The van der Waals surface area contributed by atoms with E-state index >= 15 is 0 Å². The van der Waals surface area contributed by atoms with Crippen LogP contribution in [0.3, 0.4) is 0 Å². The Morgan fingerprint density at radius 3 is 2.65 bits per heavy atom. The number of aromatic nitrogens is 2. The van der Waals surface area contributed by atoms with Gasteiger partial charge in [0.05, 0.1) is 19.0 Å². The largest absolute Gasteiger partial charge is 0.481 e. The van der Waals surface area contributed by atoms with E-state index in [-0.39, 0.29) is 5.91 Å². The van der Waals surface area contributed by atoms with Crippen molar-refractivity contribution in [2.75, 3.05) is 19.1 Å². The Hall–Kier alpha value is -2.82. The molecular weight excluding hydrogens is 290 g/mol. The molecule has 5 nitrogen and oxygen atoms in total. The zero-order valence-electron chi connectivity index (χ0n) is 13.7. The first-order valence-electron chi connectivity index (χ1n) is 7.38. The monoisotopic (exact) mass is 309 g/mol. The molecule has 118 valence electrons. The Labute approximate surface area is 134 Å². The summed E-state index contributed by atoms with van der Waals surface area (Å²) in [7, 11) is 3.30. The number of rotatable bonds is 3. The molecule has 0 saturated carbocycles. The molecule has 0 radical (unpaired) electrons. The molecule has 0 aliphatic heterocycles. The van der Waals surface area contributed by atoms with Crippen LogP contribution in [0.15, 0.2) is 36.5 Å². The van der Waals surface area contributed by atoms with E-state index in [0.717, 1.165) is 22.3 Å². The molecule has 23 heavy (non-hydrogen) atoms. The van der Waals surface area contributed by atoms with Crippen LogP contribution in [-0.4, -0.2) is 30.0 Å². The molecule has 0 aliphatic carbocycles. The molecule has 1 amide bonds. The Kier molecular flexibility index (Phi) is 3.78. The minimum absolute atomic E-state index is 0.0721. The topological polar surface area (TPSA) is 58.2 Å². The summed E-state index contributed by atoms with van der Waals surface area (Å²) in [6.45, 7) is 4.09. The minimum Gasteiger partial charge on any atom is -0.481 e. The number of hydrogen-bond donors (Lipinski definition) is 1. The normalized spacial score (nSPS) is 10.8. The van der Waals surface area contributed by atoms with E-state index in [1.165, 1.54) is 5.56 Å². The number of methoxy groups -OCH3 is 1. The highest BCUT2D eigenvalue weighted by atomic mass is 16.5. The van der Waals surface area contributed by atoms with Crippen LogP contribution >= 0.6 is 0 Å². The maximum Gasteiger partial charge on any atom is 0.258 e. The van der Waals surface area contributed by atoms with Gasteiger partial charge in [-0.3, -0.25) is 4.79 Å². The van der Waals surface area contributed by atoms with Crippen molar-refractivity contribution in [3.05, 3.63) is 53.3 Å². The molecule has 5 heteroatoms. The van der Waals surface area contributed by atoms with Gasteiger partial charge in [-0.2, -0.15) is 0 Å². The first-order chi connectivity index (χ1) is 11.0. The van der Waals surface area contributed by atoms with Gasteiger partial charge in [0.1, 0.15) is 0 Å². The molecule has 2 heterocycles. The lowest BCUT2D eigenvalue weighted by atomic mass is 10.1. The van der Waals surface area contributed by atoms with Crippen molar-refractivity contribution in [1.29, 1.82) is 0 Å². The van der Waals surface area contributed by atoms with Gasteiger partial charge in [0, 0.05) is 35.3 Å². The number of aryl methyl sites for hydroxylation is 2. The number of aromatic amines is 1. The van der Waals surface area contributed by atoms with Gasteiger partial charge in [0.15, 0.2) is 0 Å². The molecule has 0 bridgehead atoms. The average Bonchev–Trinajstić information content (AvgIpc) is 2.87. The van der Waals surface area contributed by atoms with Crippen LogP contribution < -0.4 is 9.64 Å². The number of fused-ring (bicyclic) bond motifs is 1. The second-order valence-electron chi connectivity index (χ2n) is 5.56. The zero-order valence-corrected chi connectivity index (χ0v) is 13.7. The molecule has 0 saturated heterocycles. The predicted octanol–water partition coefficient (Wildman–Crippen LogP) is 3.46. The number of carbonyl (C=O) groups is 1. The molecule has 3 rings (SSSR count). The fourth-order valence-corrected chi connectivity index (χ4v) is 2.60. The summed E-state index contributed by atoms with van der Waals surface area (Å²) >= 11 is 0. The molecule has 0 atom stereocenters. The molecular formula is C18H19N3O2. The molecule has 2 aromatic heterocycles. The van der Waals surface area contributed by atoms with Crippen LogP contribution in [0.25, 0.3) is 10.9 Å². The second-order valence-corrected chi connectivity index (χ2v) is 5.56. The van der Waals surface area contributed by atoms with Crippen molar-refractivity contribution in [2.45, 2.75) is 13.8 Å². The van der Waals surface area contributed by atoms with E-state index in [9.17, 15) is 4.79 Å². The minimum atomic E-state index is -0.0721. The van der Waals surface area contributed by atoms with Crippen molar-refractivity contribution in [2.24, 2.45) is 0 Å². The van der Waals surface area contributed by atoms with E-state index in [2.05, 4.69) is 16.9 Å². The Morgan fingerprint density at radius 1 is 1.22 bits per heavy atom. The number of H-pyrrole nitrogens is 1. The summed E-state index contributed by atoms with van der Waals surface area (Å²) in [6, 6.07) is 9.27. The lowest BCUT2D eigenvalue weighted by Crippen LogP contribution is -2.26. The smallest absolute Gasteiger partial charge is 0.258 e. The number of carbonyl (C=O) groups excluding carboxylic acids is 1. The second kappa shape index (κ2) is 5.76.